The molecule has 1 saturated heterocycles. The van der Waals surface area contributed by atoms with E-state index in [4.69, 9.17) is 4.74 Å². The van der Waals surface area contributed by atoms with Crippen molar-refractivity contribution >= 4 is 18.3 Å². The van der Waals surface area contributed by atoms with Gasteiger partial charge in [-0.3, -0.25) is 14.8 Å². The van der Waals surface area contributed by atoms with Gasteiger partial charge in [0.25, 0.3) is 0 Å². The van der Waals surface area contributed by atoms with Crippen molar-refractivity contribution in [1.29, 1.82) is 0 Å². The van der Waals surface area contributed by atoms with Crippen molar-refractivity contribution in [3.05, 3.63) is 41.5 Å². The number of amides is 1. The third-order valence-corrected chi connectivity index (χ3v) is 5.90. The summed E-state index contributed by atoms with van der Waals surface area (Å²) in [6.07, 6.45) is 7.19. The maximum Gasteiger partial charge on any atom is 0.234 e. The molecule has 0 bridgehead atoms. The number of nitrogens with one attached hydrogen (secondary N) is 2. The molecule has 1 atom stereocenters. The molecule has 1 unspecified atom stereocenters. The second-order valence-electron chi connectivity index (χ2n) is 8.26. The first-order valence-electron chi connectivity index (χ1n) is 10.8. The largest absolute Gasteiger partial charge is 0.490 e. The van der Waals surface area contributed by atoms with Gasteiger partial charge in [0.15, 0.2) is 5.82 Å². The van der Waals surface area contributed by atoms with E-state index in [1.807, 2.05) is 31.2 Å². The molecule has 2 aromatic rings. The van der Waals surface area contributed by atoms with Crippen LogP contribution in [0.4, 0.5) is 0 Å². The molecular weight excluding hydrogens is 402 g/mol. The minimum Gasteiger partial charge on any atom is -0.490 e. The van der Waals surface area contributed by atoms with E-state index >= 15 is 0 Å². The highest BCUT2D eigenvalue weighted by Crippen LogP contribution is 2.27. The Morgan fingerprint density at radius 2 is 2.03 bits per heavy atom. The number of hydrogen-bond donors (Lipinski definition) is 2. The van der Waals surface area contributed by atoms with Crippen molar-refractivity contribution in [3.8, 4) is 5.75 Å². The molecule has 0 radical (unpaired) electrons. The van der Waals surface area contributed by atoms with Gasteiger partial charge in [0.05, 0.1) is 12.6 Å². The number of aromatic amines is 1. The van der Waals surface area contributed by atoms with Crippen LogP contribution in [0.2, 0.25) is 0 Å². The molecule has 1 aliphatic carbocycles. The molecule has 2 fully saturated rings. The lowest BCUT2D eigenvalue weighted by Gasteiger charge is -2.30. The summed E-state index contributed by atoms with van der Waals surface area (Å²) in [7, 11) is 0. The number of rotatable bonds is 7. The fraction of sp³-hybridized carbons (Fsp3) is 0.591. The summed E-state index contributed by atoms with van der Waals surface area (Å²) in [5, 5.41) is 10.3. The molecule has 30 heavy (non-hydrogen) atoms. The molecule has 164 valence electrons. The Kier molecular flexibility index (Phi) is 8.10. The number of piperidine rings is 1. The first-order valence-corrected chi connectivity index (χ1v) is 10.8. The van der Waals surface area contributed by atoms with Crippen LogP contribution in [0.25, 0.3) is 0 Å². The lowest BCUT2D eigenvalue weighted by Crippen LogP contribution is -2.42. The average Bonchev–Trinajstić information content (AvgIpc) is 3.39. The number of nitrogens with zero attached hydrogens (tertiary/aromatic N) is 3. The SMILES string of the molecule is Cc1nc(C2CCCN(CC(=O)NCc3ccccc3OC3CCCC3)C2)n[nH]1.Cl. The van der Waals surface area contributed by atoms with Crippen molar-refractivity contribution in [2.75, 3.05) is 19.6 Å². The van der Waals surface area contributed by atoms with E-state index in [0.717, 1.165) is 61.7 Å². The summed E-state index contributed by atoms with van der Waals surface area (Å²) < 4.78 is 6.18. The summed E-state index contributed by atoms with van der Waals surface area (Å²) in [5.41, 5.74) is 1.04. The summed E-state index contributed by atoms with van der Waals surface area (Å²) in [6, 6.07) is 8.03. The van der Waals surface area contributed by atoms with Crippen molar-refractivity contribution in [2.24, 2.45) is 0 Å². The summed E-state index contributed by atoms with van der Waals surface area (Å²) in [6.45, 7) is 4.59. The van der Waals surface area contributed by atoms with E-state index in [2.05, 4.69) is 25.4 Å². The second-order valence-corrected chi connectivity index (χ2v) is 8.26. The van der Waals surface area contributed by atoms with E-state index in [1.54, 1.807) is 0 Å². The van der Waals surface area contributed by atoms with E-state index in [9.17, 15) is 4.79 Å². The maximum absolute atomic E-state index is 12.6. The van der Waals surface area contributed by atoms with Gasteiger partial charge < -0.3 is 10.1 Å². The van der Waals surface area contributed by atoms with Gasteiger partial charge in [-0.05, 0) is 58.1 Å². The number of carbonyl (C=O) groups is 1. The molecule has 2 aliphatic rings. The van der Waals surface area contributed by atoms with Gasteiger partial charge in [0.2, 0.25) is 5.91 Å². The second kappa shape index (κ2) is 10.8. The molecule has 1 saturated carbocycles. The quantitative estimate of drug-likeness (QED) is 0.699. The Morgan fingerprint density at radius 1 is 1.23 bits per heavy atom. The smallest absolute Gasteiger partial charge is 0.234 e. The van der Waals surface area contributed by atoms with Crippen LogP contribution in [0.5, 0.6) is 5.75 Å². The van der Waals surface area contributed by atoms with E-state index in [0.29, 0.717) is 25.1 Å². The van der Waals surface area contributed by atoms with Gasteiger partial charge in [-0.25, -0.2) is 4.98 Å². The Labute approximate surface area is 184 Å². The van der Waals surface area contributed by atoms with Crippen LogP contribution in [0.3, 0.4) is 0 Å². The third kappa shape index (κ3) is 5.95. The van der Waals surface area contributed by atoms with Gasteiger partial charge >= 0.3 is 0 Å². The normalized spacial score (nSPS) is 20.0. The highest BCUT2D eigenvalue weighted by Gasteiger charge is 2.25. The molecule has 1 aromatic carbocycles. The molecule has 1 amide bonds. The fourth-order valence-corrected chi connectivity index (χ4v) is 4.36. The summed E-state index contributed by atoms with van der Waals surface area (Å²) in [4.78, 5) is 19.2. The highest BCUT2D eigenvalue weighted by atomic mass is 35.5. The Bertz CT molecular complexity index is 821. The molecule has 1 aliphatic heterocycles. The van der Waals surface area contributed by atoms with Crippen LogP contribution in [-0.4, -0.2) is 51.7 Å². The van der Waals surface area contributed by atoms with Crippen LogP contribution >= 0.6 is 12.4 Å². The van der Waals surface area contributed by atoms with Gasteiger partial charge in [-0.15, -0.1) is 12.4 Å². The fourth-order valence-electron chi connectivity index (χ4n) is 4.36. The maximum atomic E-state index is 12.6. The number of hydrogen-bond acceptors (Lipinski definition) is 5. The number of para-hydroxylation sites is 1. The predicted molar refractivity (Wildman–Crippen MR) is 118 cm³/mol. The molecule has 7 nitrogen and oxygen atoms in total. The van der Waals surface area contributed by atoms with Crippen LogP contribution in [-0.2, 0) is 11.3 Å². The first-order chi connectivity index (χ1) is 14.2. The minimum atomic E-state index is 0. The Morgan fingerprint density at radius 3 is 2.80 bits per heavy atom. The summed E-state index contributed by atoms with van der Waals surface area (Å²) in [5.74, 6) is 2.95. The van der Waals surface area contributed by atoms with Crippen molar-refractivity contribution < 1.29 is 9.53 Å². The lowest BCUT2D eigenvalue weighted by atomic mass is 9.97. The zero-order chi connectivity index (χ0) is 20.1. The Balaban J connectivity index is 0.00000256. The molecule has 2 N–H and O–H groups in total. The molecular formula is C22H32ClN5O2. The van der Waals surface area contributed by atoms with Crippen LogP contribution in [0, 0.1) is 6.92 Å². The summed E-state index contributed by atoms with van der Waals surface area (Å²) >= 11 is 0. The number of aryl methyl sites for hydroxylation is 1. The number of ether oxygens (including phenoxy) is 1. The zero-order valence-corrected chi connectivity index (χ0v) is 18.4. The monoisotopic (exact) mass is 433 g/mol. The van der Waals surface area contributed by atoms with Crippen LogP contribution in [0.1, 0.15) is 61.7 Å². The van der Waals surface area contributed by atoms with Gasteiger partial charge in [-0.2, -0.15) is 5.10 Å². The van der Waals surface area contributed by atoms with E-state index in [1.165, 1.54) is 12.8 Å². The van der Waals surface area contributed by atoms with Crippen LogP contribution < -0.4 is 10.1 Å². The van der Waals surface area contributed by atoms with Crippen molar-refractivity contribution in [2.45, 2.75) is 64.0 Å². The molecule has 4 rings (SSSR count). The number of halogens is 1. The number of H-pyrrole nitrogens is 1. The van der Waals surface area contributed by atoms with Crippen molar-refractivity contribution in [1.82, 2.24) is 25.4 Å². The van der Waals surface area contributed by atoms with Gasteiger partial charge in [0, 0.05) is 24.6 Å². The lowest BCUT2D eigenvalue weighted by molar-refractivity contribution is -0.122. The number of carbonyl (C=O) groups excluding carboxylic acids is 1. The topological polar surface area (TPSA) is 83.1 Å². The number of benzene rings is 1. The third-order valence-electron chi connectivity index (χ3n) is 5.90. The molecule has 8 heteroatoms. The van der Waals surface area contributed by atoms with Gasteiger partial charge in [0.1, 0.15) is 11.6 Å². The number of likely N-dealkylation sites (tertiary alicyclic amines) is 1. The van der Waals surface area contributed by atoms with Crippen LogP contribution in [0.15, 0.2) is 24.3 Å². The molecule has 0 spiro atoms. The molecule has 2 heterocycles. The molecule has 1 aromatic heterocycles. The first kappa shape index (κ1) is 22.6. The highest BCUT2D eigenvalue weighted by molar-refractivity contribution is 5.85. The number of aromatic nitrogens is 3. The standard InChI is InChI=1S/C22H31N5O2.ClH/c1-16-24-22(26-25-16)18-8-6-12-27(14-18)15-21(28)23-13-17-7-2-5-11-20(17)29-19-9-3-4-10-19;/h2,5,7,11,18-19H,3-4,6,8-10,12-15H2,1H3,(H,23,28)(H,24,25,26);1H. The Hall–Kier alpha value is -2.12. The minimum absolute atomic E-state index is 0. The van der Waals surface area contributed by atoms with Gasteiger partial charge in [-0.1, -0.05) is 18.2 Å². The van der Waals surface area contributed by atoms with E-state index < -0.39 is 0 Å². The van der Waals surface area contributed by atoms with Crippen molar-refractivity contribution in [3.63, 3.8) is 0 Å². The van der Waals surface area contributed by atoms with E-state index in [-0.39, 0.29) is 18.3 Å². The zero-order valence-electron chi connectivity index (χ0n) is 17.6. The predicted octanol–water partition coefficient (Wildman–Crippen LogP) is 3.35. The average molecular weight is 434 g/mol.